The number of carbonyl (C=O) groups is 3. The van der Waals surface area contributed by atoms with Crippen molar-refractivity contribution in [1.29, 1.82) is 0 Å². The molecule has 3 amide bonds. The lowest BCUT2D eigenvalue weighted by molar-refractivity contribution is -0.136. The van der Waals surface area contributed by atoms with Crippen LogP contribution < -0.4 is 16.4 Å². The van der Waals surface area contributed by atoms with E-state index >= 15 is 0 Å². The van der Waals surface area contributed by atoms with Crippen LogP contribution in [0.25, 0.3) is 0 Å². The summed E-state index contributed by atoms with van der Waals surface area (Å²) in [5, 5.41) is 5.85. The number of piperidine rings is 1. The Bertz CT molecular complexity index is 794. The van der Waals surface area contributed by atoms with Gasteiger partial charge in [0.05, 0.1) is 0 Å². The standard InChI is InChI=1S/C21H28N4O3/c22-17-4-2-1-3-14(17)11-23-10-13-5-6-16-15(9-13)12-25(21(16)28)18-7-8-19(26)24-20(18)27/h5-6,9,14,17-18,23H,1-4,7-8,10-12,22H2,(H,24,26,27). The van der Waals surface area contributed by atoms with Gasteiger partial charge in [-0.25, -0.2) is 0 Å². The van der Waals surface area contributed by atoms with Gasteiger partial charge in [-0.15, -0.1) is 0 Å². The fourth-order valence-electron chi connectivity index (χ4n) is 4.63. The first-order valence-corrected chi connectivity index (χ1v) is 10.3. The van der Waals surface area contributed by atoms with Crippen molar-refractivity contribution < 1.29 is 14.4 Å². The van der Waals surface area contributed by atoms with Crippen LogP contribution in [0.3, 0.4) is 0 Å². The maximum absolute atomic E-state index is 12.7. The molecule has 1 aliphatic carbocycles. The number of nitrogens with two attached hydrogens (primary N) is 1. The van der Waals surface area contributed by atoms with Crippen molar-refractivity contribution in [1.82, 2.24) is 15.5 Å². The number of benzene rings is 1. The summed E-state index contributed by atoms with van der Waals surface area (Å²) >= 11 is 0. The first-order valence-electron chi connectivity index (χ1n) is 10.3. The molecule has 0 bridgehead atoms. The van der Waals surface area contributed by atoms with E-state index in [4.69, 9.17) is 5.73 Å². The van der Waals surface area contributed by atoms with Crippen molar-refractivity contribution in [3.05, 3.63) is 34.9 Å². The Hall–Kier alpha value is -2.25. The third-order valence-electron chi connectivity index (χ3n) is 6.29. The lowest BCUT2D eigenvalue weighted by Crippen LogP contribution is -2.52. The average molecular weight is 384 g/mol. The number of hydrogen-bond donors (Lipinski definition) is 3. The summed E-state index contributed by atoms with van der Waals surface area (Å²) in [6.45, 7) is 2.07. The molecule has 28 heavy (non-hydrogen) atoms. The summed E-state index contributed by atoms with van der Waals surface area (Å²) in [6.07, 6.45) is 5.46. The van der Waals surface area contributed by atoms with Gasteiger partial charge in [-0.3, -0.25) is 19.7 Å². The number of amides is 3. The normalized spacial score (nSPS) is 27.7. The Morgan fingerprint density at radius 1 is 1.14 bits per heavy atom. The van der Waals surface area contributed by atoms with Crippen LogP contribution in [0.5, 0.6) is 0 Å². The fourth-order valence-corrected chi connectivity index (χ4v) is 4.63. The van der Waals surface area contributed by atoms with Gasteiger partial charge in [0.2, 0.25) is 11.8 Å². The van der Waals surface area contributed by atoms with Crippen molar-refractivity contribution in [2.45, 2.75) is 63.7 Å². The minimum absolute atomic E-state index is 0.128. The van der Waals surface area contributed by atoms with E-state index in [2.05, 4.69) is 10.6 Å². The maximum atomic E-state index is 12.7. The smallest absolute Gasteiger partial charge is 0.255 e. The highest BCUT2D eigenvalue weighted by molar-refractivity contribution is 6.05. The molecule has 2 aliphatic heterocycles. The van der Waals surface area contributed by atoms with E-state index in [1.54, 1.807) is 4.90 Å². The van der Waals surface area contributed by atoms with E-state index in [0.29, 0.717) is 30.5 Å². The molecular weight excluding hydrogens is 356 g/mol. The Balaban J connectivity index is 1.37. The molecule has 4 rings (SSSR count). The molecule has 0 aromatic heterocycles. The Morgan fingerprint density at radius 3 is 2.75 bits per heavy atom. The van der Waals surface area contributed by atoms with Crippen molar-refractivity contribution in [3.8, 4) is 0 Å². The zero-order chi connectivity index (χ0) is 19.7. The molecule has 1 saturated heterocycles. The average Bonchev–Trinajstić information content (AvgIpc) is 2.99. The lowest BCUT2D eigenvalue weighted by atomic mass is 9.85. The zero-order valence-electron chi connectivity index (χ0n) is 16.1. The van der Waals surface area contributed by atoms with Crippen LogP contribution in [0.15, 0.2) is 18.2 Å². The van der Waals surface area contributed by atoms with E-state index in [9.17, 15) is 14.4 Å². The van der Waals surface area contributed by atoms with Gasteiger partial charge in [0.25, 0.3) is 5.91 Å². The third-order valence-corrected chi connectivity index (χ3v) is 6.29. The molecule has 3 unspecified atom stereocenters. The largest absolute Gasteiger partial charge is 0.327 e. The lowest BCUT2D eigenvalue weighted by Gasteiger charge is -2.29. The first-order chi connectivity index (χ1) is 13.5. The number of nitrogens with one attached hydrogen (secondary N) is 2. The molecule has 3 aliphatic rings. The molecule has 3 atom stereocenters. The quantitative estimate of drug-likeness (QED) is 0.659. The van der Waals surface area contributed by atoms with Crippen molar-refractivity contribution >= 4 is 17.7 Å². The first kappa shape index (κ1) is 19.1. The highest BCUT2D eigenvalue weighted by Gasteiger charge is 2.39. The van der Waals surface area contributed by atoms with E-state index < -0.39 is 6.04 Å². The van der Waals surface area contributed by atoms with Crippen LogP contribution in [0.2, 0.25) is 0 Å². The van der Waals surface area contributed by atoms with Crippen LogP contribution in [0, 0.1) is 5.92 Å². The molecule has 7 nitrogen and oxygen atoms in total. The predicted molar refractivity (Wildman–Crippen MR) is 104 cm³/mol. The van der Waals surface area contributed by atoms with Gasteiger partial charge in [-0.2, -0.15) is 0 Å². The summed E-state index contributed by atoms with van der Waals surface area (Å²) in [4.78, 5) is 37.8. The van der Waals surface area contributed by atoms with Gasteiger partial charge in [-0.1, -0.05) is 25.0 Å². The van der Waals surface area contributed by atoms with E-state index in [1.165, 1.54) is 19.3 Å². The monoisotopic (exact) mass is 384 g/mol. The summed E-state index contributed by atoms with van der Waals surface area (Å²) in [5.74, 6) is -0.232. The van der Waals surface area contributed by atoms with Crippen LogP contribution >= 0.6 is 0 Å². The third kappa shape index (κ3) is 3.82. The molecule has 7 heteroatoms. The number of carbonyl (C=O) groups excluding carboxylic acids is 3. The SMILES string of the molecule is NC1CCCCC1CNCc1ccc2c(c1)CN(C1CCC(=O)NC1=O)C2=O. The number of imide groups is 1. The Labute approximate surface area is 165 Å². The zero-order valence-corrected chi connectivity index (χ0v) is 16.1. The molecule has 150 valence electrons. The molecule has 2 heterocycles. The van der Waals surface area contributed by atoms with Crippen molar-refractivity contribution in [3.63, 3.8) is 0 Å². The molecule has 1 aromatic rings. The molecule has 2 fully saturated rings. The molecule has 1 saturated carbocycles. The van der Waals surface area contributed by atoms with Crippen LogP contribution in [-0.2, 0) is 22.7 Å². The second-order valence-corrected chi connectivity index (χ2v) is 8.23. The van der Waals surface area contributed by atoms with Gasteiger partial charge in [-0.05, 0) is 48.9 Å². The second kappa shape index (κ2) is 8.01. The van der Waals surface area contributed by atoms with Gasteiger partial charge < -0.3 is 16.0 Å². The van der Waals surface area contributed by atoms with E-state index in [-0.39, 0.29) is 24.1 Å². The summed E-state index contributed by atoms with van der Waals surface area (Å²) in [7, 11) is 0. The van der Waals surface area contributed by atoms with Crippen LogP contribution in [0.1, 0.15) is 60.0 Å². The van der Waals surface area contributed by atoms with Gasteiger partial charge in [0.1, 0.15) is 6.04 Å². The number of nitrogens with zero attached hydrogens (tertiary/aromatic N) is 1. The van der Waals surface area contributed by atoms with E-state index in [1.807, 2.05) is 18.2 Å². The molecular formula is C21H28N4O3. The maximum Gasteiger partial charge on any atom is 0.255 e. The highest BCUT2D eigenvalue weighted by atomic mass is 16.2. The topological polar surface area (TPSA) is 105 Å². The van der Waals surface area contributed by atoms with Crippen molar-refractivity contribution in [2.24, 2.45) is 11.7 Å². The van der Waals surface area contributed by atoms with Crippen molar-refractivity contribution in [2.75, 3.05) is 6.54 Å². The highest BCUT2D eigenvalue weighted by Crippen LogP contribution is 2.28. The number of fused-ring (bicyclic) bond motifs is 1. The number of rotatable bonds is 5. The Morgan fingerprint density at radius 2 is 1.96 bits per heavy atom. The van der Waals surface area contributed by atoms with Gasteiger partial charge in [0.15, 0.2) is 0 Å². The minimum atomic E-state index is -0.563. The predicted octanol–water partition coefficient (Wildman–Crippen LogP) is 1.05. The Kier molecular flexibility index (Phi) is 5.46. The minimum Gasteiger partial charge on any atom is -0.327 e. The molecule has 0 radical (unpaired) electrons. The van der Waals surface area contributed by atoms with Gasteiger partial charge >= 0.3 is 0 Å². The van der Waals surface area contributed by atoms with E-state index in [0.717, 1.165) is 30.6 Å². The summed E-state index contributed by atoms with van der Waals surface area (Å²) in [5.41, 5.74) is 8.95. The summed E-state index contributed by atoms with van der Waals surface area (Å²) in [6, 6.07) is 5.60. The summed E-state index contributed by atoms with van der Waals surface area (Å²) < 4.78 is 0. The fraction of sp³-hybridized carbons (Fsp3) is 0.571. The van der Waals surface area contributed by atoms with Gasteiger partial charge in [0, 0.05) is 31.1 Å². The van der Waals surface area contributed by atoms with Crippen LogP contribution in [0.4, 0.5) is 0 Å². The van der Waals surface area contributed by atoms with Crippen LogP contribution in [-0.4, -0.2) is 41.2 Å². The molecule has 0 spiro atoms. The second-order valence-electron chi connectivity index (χ2n) is 8.23. The molecule has 1 aromatic carbocycles. The molecule has 4 N–H and O–H groups in total. The number of hydrogen-bond acceptors (Lipinski definition) is 5.